The van der Waals surface area contributed by atoms with Crippen LogP contribution in [-0.4, -0.2) is 20.3 Å². The van der Waals surface area contributed by atoms with Crippen LogP contribution in [0.3, 0.4) is 0 Å². The normalized spacial score (nSPS) is 10.8. The summed E-state index contributed by atoms with van der Waals surface area (Å²) in [5.41, 5.74) is 2.66. The Balaban J connectivity index is 3.00. The molecule has 1 N–H and O–H groups in total. The van der Waals surface area contributed by atoms with Crippen LogP contribution >= 0.6 is 0 Å². The Labute approximate surface area is 117 Å². The van der Waals surface area contributed by atoms with E-state index in [9.17, 15) is 0 Å². The molecule has 0 aromatic heterocycles. The van der Waals surface area contributed by atoms with Crippen LogP contribution in [0.1, 0.15) is 44.7 Å². The van der Waals surface area contributed by atoms with Crippen molar-refractivity contribution in [2.45, 2.75) is 52.6 Å². The number of aryl methyl sites for hydroxylation is 1. The van der Waals surface area contributed by atoms with Crippen molar-refractivity contribution in [1.82, 2.24) is 5.32 Å². The minimum absolute atomic E-state index is 0.479. The van der Waals surface area contributed by atoms with Crippen LogP contribution in [0.15, 0.2) is 12.1 Å². The second-order valence-electron chi connectivity index (χ2n) is 5.12. The Bertz CT molecular complexity index is 389. The largest absolute Gasteiger partial charge is 0.493 e. The van der Waals surface area contributed by atoms with Crippen LogP contribution in [0.2, 0.25) is 0 Å². The number of nitrogens with one attached hydrogen (secondary N) is 1. The van der Waals surface area contributed by atoms with Crippen molar-refractivity contribution in [2.24, 2.45) is 0 Å². The standard InChI is InChI=1S/C16H27NO2/c1-6-7-8-13-9-15(18-4)16(19-5)10-14(13)11-17-12(2)3/h9-10,12,17H,6-8,11H2,1-5H3. The molecule has 0 saturated carbocycles. The minimum atomic E-state index is 0.479. The fraction of sp³-hybridized carbons (Fsp3) is 0.625. The first-order chi connectivity index (χ1) is 9.12. The summed E-state index contributed by atoms with van der Waals surface area (Å²) in [6.07, 6.45) is 3.49. The highest BCUT2D eigenvalue weighted by molar-refractivity contribution is 5.47. The highest BCUT2D eigenvalue weighted by atomic mass is 16.5. The number of rotatable bonds is 8. The SMILES string of the molecule is CCCCc1cc(OC)c(OC)cc1CNC(C)C. The Morgan fingerprint density at radius 3 is 2.11 bits per heavy atom. The molecule has 19 heavy (non-hydrogen) atoms. The molecular formula is C16H27NO2. The molecule has 0 fully saturated rings. The van der Waals surface area contributed by atoms with Crippen molar-refractivity contribution in [1.29, 1.82) is 0 Å². The van der Waals surface area contributed by atoms with Gasteiger partial charge in [0.25, 0.3) is 0 Å². The number of hydrogen-bond acceptors (Lipinski definition) is 3. The van der Waals surface area contributed by atoms with Gasteiger partial charge in [-0.15, -0.1) is 0 Å². The molecule has 0 saturated heterocycles. The van der Waals surface area contributed by atoms with E-state index in [-0.39, 0.29) is 0 Å². The van der Waals surface area contributed by atoms with Gasteiger partial charge in [0.05, 0.1) is 14.2 Å². The maximum Gasteiger partial charge on any atom is 0.161 e. The van der Waals surface area contributed by atoms with Gasteiger partial charge in [0.15, 0.2) is 11.5 Å². The van der Waals surface area contributed by atoms with E-state index in [1.807, 2.05) is 0 Å². The quantitative estimate of drug-likeness (QED) is 0.780. The zero-order valence-electron chi connectivity index (χ0n) is 12.9. The van der Waals surface area contributed by atoms with E-state index < -0.39 is 0 Å². The van der Waals surface area contributed by atoms with Crippen molar-refractivity contribution in [3.8, 4) is 11.5 Å². The zero-order chi connectivity index (χ0) is 14.3. The summed E-state index contributed by atoms with van der Waals surface area (Å²) in [6.45, 7) is 7.41. The summed E-state index contributed by atoms with van der Waals surface area (Å²) in [5, 5.41) is 3.47. The first-order valence-electron chi connectivity index (χ1n) is 7.09. The molecule has 0 atom stereocenters. The Morgan fingerprint density at radius 2 is 1.63 bits per heavy atom. The van der Waals surface area contributed by atoms with Gasteiger partial charge in [-0.05, 0) is 36.1 Å². The van der Waals surface area contributed by atoms with Gasteiger partial charge in [-0.2, -0.15) is 0 Å². The maximum atomic E-state index is 5.39. The molecule has 3 nitrogen and oxygen atoms in total. The Morgan fingerprint density at radius 1 is 1.05 bits per heavy atom. The van der Waals surface area contributed by atoms with Gasteiger partial charge in [0.1, 0.15) is 0 Å². The number of hydrogen-bond donors (Lipinski definition) is 1. The van der Waals surface area contributed by atoms with E-state index in [0.29, 0.717) is 6.04 Å². The number of unbranched alkanes of at least 4 members (excludes halogenated alkanes) is 1. The lowest BCUT2D eigenvalue weighted by Crippen LogP contribution is -2.22. The van der Waals surface area contributed by atoms with E-state index in [2.05, 4.69) is 38.2 Å². The van der Waals surface area contributed by atoms with E-state index in [1.165, 1.54) is 24.0 Å². The second kappa shape index (κ2) is 8.05. The maximum absolute atomic E-state index is 5.39. The van der Waals surface area contributed by atoms with Crippen molar-refractivity contribution < 1.29 is 9.47 Å². The lowest BCUT2D eigenvalue weighted by molar-refractivity contribution is 0.353. The molecule has 0 unspecified atom stereocenters. The van der Waals surface area contributed by atoms with E-state index in [4.69, 9.17) is 9.47 Å². The van der Waals surface area contributed by atoms with Gasteiger partial charge in [-0.3, -0.25) is 0 Å². The Hall–Kier alpha value is -1.22. The van der Waals surface area contributed by atoms with Gasteiger partial charge in [0.2, 0.25) is 0 Å². The van der Waals surface area contributed by atoms with Gasteiger partial charge >= 0.3 is 0 Å². The minimum Gasteiger partial charge on any atom is -0.493 e. The van der Waals surface area contributed by atoms with Crippen molar-refractivity contribution in [3.05, 3.63) is 23.3 Å². The number of ether oxygens (including phenoxy) is 2. The molecular weight excluding hydrogens is 238 g/mol. The third kappa shape index (κ3) is 4.75. The zero-order valence-corrected chi connectivity index (χ0v) is 12.9. The fourth-order valence-electron chi connectivity index (χ4n) is 2.04. The predicted molar refractivity (Wildman–Crippen MR) is 80.1 cm³/mol. The third-order valence-corrected chi connectivity index (χ3v) is 3.21. The average molecular weight is 265 g/mol. The molecule has 0 radical (unpaired) electrons. The summed E-state index contributed by atoms with van der Waals surface area (Å²) < 4.78 is 10.8. The first kappa shape index (κ1) is 15.8. The summed E-state index contributed by atoms with van der Waals surface area (Å²) >= 11 is 0. The van der Waals surface area contributed by atoms with Crippen LogP contribution in [-0.2, 0) is 13.0 Å². The van der Waals surface area contributed by atoms with Crippen LogP contribution in [0.5, 0.6) is 11.5 Å². The predicted octanol–water partition coefficient (Wildman–Crippen LogP) is 3.54. The molecule has 0 spiro atoms. The second-order valence-corrected chi connectivity index (χ2v) is 5.12. The molecule has 0 bridgehead atoms. The molecule has 0 aliphatic heterocycles. The lowest BCUT2D eigenvalue weighted by atomic mass is 10.0. The van der Waals surface area contributed by atoms with Crippen molar-refractivity contribution >= 4 is 0 Å². The highest BCUT2D eigenvalue weighted by Gasteiger charge is 2.11. The van der Waals surface area contributed by atoms with E-state index >= 15 is 0 Å². The molecule has 0 amide bonds. The summed E-state index contributed by atoms with van der Waals surface area (Å²) in [4.78, 5) is 0. The molecule has 3 heteroatoms. The van der Waals surface area contributed by atoms with Crippen LogP contribution in [0, 0.1) is 0 Å². The summed E-state index contributed by atoms with van der Waals surface area (Å²) in [6, 6.07) is 4.69. The molecule has 0 aliphatic carbocycles. The van der Waals surface area contributed by atoms with Crippen molar-refractivity contribution in [3.63, 3.8) is 0 Å². The highest BCUT2D eigenvalue weighted by Crippen LogP contribution is 2.31. The molecule has 108 valence electrons. The van der Waals surface area contributed by atoms with Crippen LogP contribution in [0.25, 0.3) is 0 Å². The topological polar surface area (TPSA) is 30.5 Å². The lowest BCUT2D eigenvalue weighted by Gasteiger charge is -2.16. The first-order valence-corrected chi connectivity index (χ1v) is 7.09. The van der Waals surface area contributed by atoms with Gasteiger partial charge < -0.3 is 14.8 Å². The van der Waals surface area contributed by atoms with E-state index in [0.717, 1.165) is 24.5 Å². The smallest absolute Gasteiger partial charge is 0.161 e. The van der Waals surface area contributed by atoms with E-state index in [1.54, 1.807) is 14.2 Å². The summed E-state index contributed by atoms with van der Waals surface area (Å²) in [7, 11) is 3.37. The van der Waals surface area contributed by atoms with Crippen molar-refractivity contribution in [2.75, 3.05) is 14.2 Å². The van der Waals surface area contributed by atoms with Gasteiger partial charge in [-0.25, -0.2) is 0 Å². The molecule has 1 aromatic rings. The molecule has 1 rings (SSSR count). The average Bonchev–Trinajstić information content (AvgIpc) is 2.42. The van der Waals surface area contributed by atoms with Crippen LogP contribution < -0.4 is 14.8 Å². The Kier molecular flexibility index (Phi) is 6.71. The molecule has 0 heterocycles. The summed E-state index contributed by atoms with van der Waals surface area (Å²) in [5.74, 6) is 1.63. The monoisotopic (exact) mass is 265 g/mol. The number of methoxy groups -OCH3 is 2. The fourth-order valence-corrected chi connectivity index (χ4v) is 2.04. The molecule has 1 aromatic carbocycles. The van der Waals surface area contributed by atoms with Crippen LogP contribution in [0.4, 0.5) is 0 Å². The number of benzene rings is 1. The van der Waals surface area contributed by atoms with Gasteiger partial charge in [0, 0.05) is 12.6 Å². The molecule has 0 aliphatic rings. The van der Waals surface area contributed by atoms with Gasteiger partial charge in [-0.1, -0.05) is 27.2 Å². The third-order valence-electron chi connectivity index (χ3n) is 3.21.